The largest absolute Gasteiger partial charge is 0.381 e. The van der Waals surface area contributed by atoms with E-state index in [9.17, 15) is 4.79 Å². The summed E-state index contributed by atoms with van der Waals surface area (Å²) >= 11 is 6.42. The Labute approximate surface area is 175 Å². The molecule has 4 nitrogen and oxygen atoms in total. The second-order valence-corrected chi connectivity index (χ2v) is 8.57. The highest BCUT2D eigenvalue weighted by atomic mass is 35.5. The van der Waals surface area contributed by atoms with Crippen molar-refractivity contribution in [2.45, 2.75) is 43.6 Å². The van der Waals surface area contributed by atoms with Crippen LogP contribution in [0.1, 0.15) is 48.5 Å². The molecule has 5 rings (SSSR count). The van der Waals surface area contributed by atoms with Crippen molar-refractivity contribution in [2.75, 3.05) is 13.2 Å². The van der Waals surface area contributed by atoms with E-state index in [1.165, 1.54) is 10.9 Å². The van der Waals surface area contributed by atoms with Gasteiger partial charge in [-0.25, -0.2) is 0 Å². The van der Waals surface area contributed by atoms with Crippen LogP contribution in [-0.4, -0.2) is 24.1 Å². The minimum Gasteiger partial charge on any atom is -0.381 e. The summed E-state index contributed by atoms with van der Waals surface area (Å²) in [5.74, 6) is 0.106. The van der Waals surface area contributed by atoms with Crippen LogP contribution >= 0.6 is 11.6 Å². The SMILES string of the molecule is O=C(N[C@@H]1CCCc2c1[nH]c1c(Cl)cccc21)C1(c2ccccc2)CCOCC1. The lowest BCUT2D eigenvalue weighted by atomic mass is 9.73. The van der Waals surface area contributed by atoms with Gasteiger partial charge in [0.2, 0.25) is 5.91 Å². The number of carbonyl (C=O) groups is 1. The average molecular weight is 409 g/mol. The van der Waals surface area contributed by atoms with Gasteiger partial charge in [-0.3, -0.25) is 4.79 Å². The standard InChI is InChI=1S/C24H25ClN2O2/c25-19-10-4-8-17-18-9-5-11-20(22(18)27-21(17)19)26-23(28)24(12-14-29-15-13-24)16-6-2-1-3-7-16/h1-4,6-8,10,20,27H,5,9,11-15H2,(H,26,28)/t20-/m1/s1. The van der Waals surface area contributed by atoms with E-state index in [4.69, 9.17) is 16.3 Å². The number of aromatic nitrogens is 1. The van der Waals surface area contributed by atoms with Gasteiger partial charge in [0.15, 0.2) is 0 Å². The van der Waals surface area contributed by atoms with E-state index < -0.39 is 5.41 Å². The highest BCUT2D eigenvalue weighted by molar-refractivity contribution is 6.35. The Hall–Kier alpha value is -2.30. The van der Waals surface area contributed by atoms with Crippen molar-refractivity contribution in [2.24, 2.45) is 0 Å². The molecule has 0 saturated carbocycles. The maximum Gasteiger partial charge on any atom is 0.231 e. The Balaban J connectivity index is 1.49. The molecule has 150 valence electrons. The van der Waals surface area contributed by atoms with Crippen LogP contribution in [0.15, 0.2) is 48.5 Å². The molecule has 1 saturated heterocycles. The predicted octanol–water partition coefficient (Wildman–Crippen LogP) is 5.06. The second-order valence-electron chi connectivity index (χ2n) is 8.16. The average Bonchev–Trinajstić information content (AvgIpc) is 3.16. The fourth-order valence-electron chi connectivity index (χ4n) is 5.02. The Morgan fingerprint density at radius 2 is 1.90 bits per heavy atom. The van der Waals surface area contributed by atoms with E-state index in [2.05, 4.69) is 28.5 Å². The Bertz CT molecular complexity index is 1040. The van der Waals surface area contributed by atoms with E-state index in [-0.39, 0.29) is 11.9 Å². The van der Waals surface area contributed by atoms with Crippen LogP contribution in [0.4, 0.5) is 0 Å². The minimum absolute atomic E-state index is 0.0156. The molecule has 2 aromatic carbocycles. The number of ether oxygens (including phenoxy) is 1. The molecule has 5 heteroatoms. The summed E-state index contributed by atoms with van der Waals surface area (Å²) in [4.78, 5) is 17.2. The van der Waals surface area contributed by atoms with Gasteiger partial charge >= 0.3 is 0 Å². The molecule has 0 bridgehead atoms. The van der Waals surface area contributed by atoms with Gasteiger partial charge < -0.3 is 15.0 Å². The van der Waals surface area contributed by atoms with E-state index >= 15 is 0 Å². The molecular weight excluding hydrogens is 384 g/mol. The molecule has 1 atom stereocenters. The fourth-order valence-corrected chi connectivity index (χ4v) is 5.24. The summed E-state index contributed by atoms with van der Waals surface area (Å²) in [5, 5.41) is 5.30. The summed E-state index contributed by atoms with van der Waals surface area (Å²) < 4.78 is 5.59. The van der Waals surface area contributed by atoms with Gasteiger partial charge in [-0.1, -0.05) is 54.1 Å². The molecule has 29 heavy (non-hydrogen) atoms. The molecule has 3 aromatic rings. The highest BCUT2D eigenvalue weighted by Crippen LogP contribution is 2.39. The first-order valence-electron chi connectivity index (χ1n) is 10.4. The second kappa shape index (κ2) is 7.51. The molecule has 2 N–H and O–H groups in total. The van der Waals surface area contributed by atoms with Crippen molar-refractivity contribution in [3.05, 3.63) is 70.4 Å². The lowest BCUT2D eigenvalue weighted by Crippen LogP contribution is -2.49. The topological polar surface area (TPSA) is 54.1 Å². The number of hydrogen-bond donors (Lipinski definition) is 2. The van der Waals surface area contributed by atoms with E-state index in [1.54, 1.807) is 0 Å². The quantitative estimate of drug-likeness (QED) is 0.636. The molecule has 2 aliphatic rings. The summed E-state index contributed by atoms with van der Waals surface area (Å²) in [6.45, 7) is 1.22. The summed E-state index contributed by atoms with van der Waals surface area (Å²) in [7, 11) is 0. The third kappa shape index (κ3) is 3.15. The van der Waals surface area contributed by atoms with Gasteiger partial charge in [0.1, 0.15) is 0 Å². The first-order valence-corrected chi connectivity index (χ1v) is 10.8. The number of aromatic amines is 1. The molecular formula is C24H25ClN2O2. The first-order chi connectivity index (χ1) is 14.2. The zero-order valence-corrected chi connectivity index (χ0v) is 17.1. The monoisotopic (exact) mass is 408 g/mol. The molecule has 1 aromatic heterocycles. The molecule has 0 spiro atoms. The van der Waals surface area contributed by atoms with Crippen molar-refractivity contribution in [1.82, 2.24) is 10.3 Å². The van der Waals surface area contributed by atoms with Gasteiger partial charge in [-0.05, 0) is 49.3 Å². The van der Waals surface area contributed by atoms with Gasteiger partial charge in [0.05, 0.1) is 22.0 Å². The number of halogens is 1. The number of nitrogens with one attached hydrogen (secondary N) is 2. The van der Waals surface area contributed by atoms with Gasteiger partial charge in [0, 0.05) is 24.3 Å². The maximum absolute atomic E-state index is 13.7. The van der Waals surface area contributed by atoms with Gasteiger partial charge in [-0.2, -0.15) is 0 Å². The van der Waals surface area contributed by atoms with Crippen molar-refractivity contribution >= 4 is 28.4 Å². The maximum atomic E-state index is 13.7. The molecule has 0 radical (unpaired) electrons. The van der Waals surface area contributed by atoms with Gasteiger partial charge in [0.25, 0.3) is 0 Å². The molecule has 1 aliphatic heterocycles. The van der Waals surface area contributed by atoms with E-state index in [0.29, 0.717) is 26.1 Å². The van der Waals surface area contributed by atoms with Crippen LogP contribution in [0, 0.1) is 0 Å². The Kier molecular flexibility index (Phi) is 4.84. The molecule has 1 amide bonds. The number of hydrogen-bond acceptors (Lipinski definition) is 2. The summed E-state index contributed by atoms with van der Waals surface area (Å²) in [5.41, 5.74) is 3.93. The van der Waals surface area contributed by atoms with Crippen molar-refractivity contribution in [1.29, 1.82) is 0 Å². The zero-order valence-electron chi connectivity index (χ0n) is 16.3. The minimum atomic E-state index is -0.527. The van der Waals surface area contributed by atoms with E-state index in [0.717, 1.165) is 41.1 Å². The van der Waals surface area contributed by atoms with Crippen LogP contribution in [-0.2, 0) is 21.4 Å². The number of H-pyrrole nitrogens is 1. The first kappa shape index (κ1) is 18.7. The number of rotatable bonds is 3. The molecule has 2 heterocycles. The van der Waals surface area contributed by atoms with Crippen LogP contribution in [0.25, 0.3) is 10.9 Å². The van der Waals surface area contributed by atoms with Crippen LogP contribution < -0.4 is 5.32 Å². The number of amides is 1. The van der Waals surface area contributed by atoms with E-state index in [1.807, 2.05) is 30.3 Å². The third-order valence-corrected chi connectivity index (χ3v) is 6.92. The molecule has 0 unspecified atom stereocenters. The summed E-state index contributed by atoms with van der Waals surface area (Å²) in [6, 6.07) is 16.2. The predicted molar refractivity (Wildman–Crippen MR) is 115 cm³/mol. The highest BCUT2D eigenvalue weighted by Gasteiger charge is 2.43. The van der Waals surface area contributed by atoms with Gasteiger partial charge in [-0.15, -0.1) is 0 Å². The summed E-state index contributed by atoms with van der Waals surface area (Å²) in [6.07, 6.45) is 4.42. The lowest BCUT2D eigenvalue weighted by molar-refractivity contribution is -0.131. The van der Waals surface area contributed by atoms with Crippen LogP contribution in [0.3, 0.4) is 0 Å². The smallest absolute Gasteiger partial charge is 0.231 e. The Morgan fingerprint density at radius 1 is 1.10 bits per heavy atom. The van der Waals surface area contributed by atoms with Crippen LogP contribution in [0.2, 0.25) is 5.02 Å². The number of benzene rings is 2. The number of aryl methyl sites for hydroxylation is 1. The Morgan fingerprint density at radius 3 is 2.69 bits per heavy atom. The molecule has 1 aliphatic carbocycles. The van der Waals surface area contributed by atoms with Crippen molar-refractivity contribution < 1.29 is 9.53 Å². The number of para-hydroxylation sites is 1. The van der Waals surface area contributed by atoms with Crippen molar-refractivity contribution in [3.63, 3.8) is 0 Å². The fraction of sp³-hybridized carbons (Fsp3) is 0.375. The number of fused-ring (bicyclic) bond motifs is 3. The molecule has 1 fully saturated rings. The normalized spacial score (nSPS) is 20.9. The van der Waals surface area contributed by atoms with Crippen LogP contribution in [0.5, 0.6) is 0 Å². The third-order valence-electron chi connectivity index (χ3n) is 6.60. The number of carbonyl (C=O) groups excluding carboxylic acids is 1. The lowest BCUT2D eigenvalue weighted by Gasteiger charge is -2.38. The van der Waals surface area contributed by atoms with Crippen molar-refractivity contribution in [3.8, 4) is 0 Å². The zero-order chi connectivity index (χ0) is 19.8.